The molecule has 7 aromatic carbocycles. The first kappa shape index (κ1) is 29.3. The molecule has 0 amide bonds. The Balaban J connectivity index is 1.14. The average Bonchev–Trinajstić information content (AvgIpc) is 3.60. The summed E-state index contributed by atoms with van der Waals surface area (Å²) in [6, 6.07) is 55.1. The van der Waals surface area contributed by atoms with Gasteiger partial charge < -0.3 is 4.42 Å². The lowest BCUT2D eigenvalue weighted by Gasteiger charge is -2.14. The van der Waals surface area contributed by atoms with Crippen LogP contribution in [0.5, 0.6) is 0 Å². The normalized spacial score (nSPS) is 12.7. The molecule has 9 aromatic rings. The molecule has 240 valence electrons. The fourth-order valence-electron chi connectivity index (χ4n) is 7.57. The molecule has 0 saturated heterocycles. The highest BCUT2D eigenvalue weighted by Crippen LogP contribution is 2.44. The minimum atomic E-state index is 0.641. The van der Waals surface area contributed by atoms with Gasteiger partial charge in [0.25, 0.3) is 0 Å². The number of furan rings is 1. The molecule has 10 rings (SSSR count). The highest BCUT2D eigenvalue weighted by atomic mass is 16.3. The molecule has 2 aromatic heterocycles. The zero-order chi connectivity index (χ0) is 33.7. The smallest absolute Gasteiger partial charge is 0.164 e. The Bertz CT molecular complexity index is 2780. The number of nitrogens with zero attached hydrogens (tertiary/aromatic N) is 3. The van der Waals surface area contributed by atoms with Gasteiger partial charge in [0.15, 0.2) is 17.5 Å². The summed E-state index contributed by atoms with van der Waals surface area (Å²) >= 11 is 0. The van der Waals surface area contributed by atoms with Crippen molar-refractivity contribution >= 4 is 38.1 Å². The summed E-state index contributed by atoms with van der Waals surface area (Å²) in [6.45, 7) is 0. The molecule has 1 aliphatic rings. The standard InChI is InChI=1S/C47H31N3O/c1-3-13-30(14-4-1)31-25-27-33(28-26-31)46-48-45(32-15-5-2-6-16-32)49-47(50-46)40-23-12-24-42-43(40)39-22-11-21-38(44(39)51-42)41-29-34-17-7-8-18-35(34)36-19-9-10-20-37(36)41/h1-11,13-23,25-29H,12,24H2. The van der Waals surface area contributed by atoms with Crippen LogP contribution >= 0.6 is 0 Å². The molecule has 1 aliphatic carbocycles. The van der Waals surface area contributed by atoms with Crippen LogP contribution in [0.2, 0.25) is 0 Å². The second kappa shape index (κ2) is 12.0. The van der Waals surface area contributed by atoms with Crippen molar-refractivity contribution in [3.8, 4) is 45.0 Å². The van der Waals surface area contributed by atoms with Crippen molar-refractivity contribution < 1.29 is 4.42 Å². The van der Waals surface area contributed by atoms with E-state index < -0.39 is 0 Å². The topological polar surface area (TPSA) is 51.8 Å². The van der Waals surface area contributed by atoms with Gasteiger partial charge in [0.05, 0.1) is 0 Å². The maximum Gasteiger partial charge on any atom is 0.164 e. The average molecular weight is 654 g/mol. The Morgan fingerprint density at radius 3 is 1.76 bits per heavy atom. The third-order valence-corrected chi connectivity index (χ3v) is 9.99. The van der Waals surface area contributed by atoms with Gasteiger partial charge in [-0.2, -0.15) is 0 Å². The van der Waals surface area contributed by atoms with Crippen LogP contribution in [-0.4, -0.2) is 15.0 Å². The second-order valence-electron chi connectivity index (χ2n) is 13.0. The number of para-hydroxylation sites is 1. The summed E-state index contributed by atoms with van der Waals surface area (Å²) in [5.74, 6) is 2.90. The maximum atomic E-state index is 6.86. The van der Waals surface area contributed by atoms with Gasteiger partial charge in [0.2, 0.25) is 0 Å². The molecule has 0 atom stereocenters. The van der Waals surface area contributed by atoms with E-state index in [1.807, 2.05) is 24.3 Å². The van der Waals surface area contributed by atoms with E-state index in [9.17, 15) is 0 Å². The van der Waals surface area contributed by atoms with Crippen molar-refractivity contribution in [3.63, 3.8) is 0 Å². The Morgan fingerprint density at radius 1 is 0.431 bits per heavy atom. The van der Waals surface area contributed by atoms with Gasteiger partial charge in [-0.1, -0.05) is 158 Å². The van der Waals surface area contributed by atoms with Crippen LogP contribution in [0, 0.1) is 0 Å². The quantitative estimate of drug-likeness (QED) is 0.173. The van der Waals surface area contributed by atoms with Crippen LogP contribution in [0.1, 0.15) is 23.6 Å². The van der Waals surface area contributed by atoms with Crippen LogP contribution in [0.4, 0.5) is 0 Å². The molecular formula is C47H31N3O. The van der Waals surface area contributed by atoms with Gasteiger partial charge in [0.1, 0.15) is 11.3 Å². The number of aromatic nitrogens is 3. The first-order valence-corrected chi connectivity index (χ1v) is 17.4. The van der Waals surface area contributed by atoms with E-state index in [-0.39, 0.29) is 0 Å². The van der Waals surface area contributed by atoms with Gasteiger partial charge in [-0.15, -0.1) is 0 Å². The maximum absolute atomic E-state index is 6.86. The van der Waals surface area contributed by atoms with Crippen molar-refractivity contribution in [1.29, 1.82) is 0 Å². The van der Waals surface area contributed by atoms with Crippen LogP contribution in [0.15, 0.2) is 168 Å². The van der Waals surface area contributed by atoms with Crippen molar-refractivity contribution in [2.75, 3.05) is 0 Å². The SMILES string of the molecule is C1=C(c2nc(-c3ccccc3)nc(-c3ccc(-c4ccccc4)cc3)n2)c2c(oc3c(-c4cc5ccccc5c5ccccc45)cccc23)CC1. The van der Waals surface area contributed by atoms with Crippen LogP contribution in [0.3, 0.4) is 0 Å². The van der Waals surface area contributed by atoms with Crippen molar-refractivity contribution in [1.82, 2.24) is 15.0 Å². The van der Waals surface area contributed by atoms with Crippen LogP contribution < -0.4 is 0 Å². The predicted octanol–water partition coefficient (Wildman–Crippen LogP) is 12.0. The van der Waals surface area contributed by atoms with E-state index in [2.05, 4.69) is 140 Å². The first-order chi connectivity index (χ1) is 25.3. The number of fused-ring (bicyclic) bond motifs is 6. The first-order valence-electron chi connectivity index (χ1n) is 17.4. The Kier molecular flexibility index (Phi) is 6.91. The van der Waals surface area contributed by atoms with Gasteiger partial charge in [0, 0.05) is 39.6 Å². The van der Waals surface area contributed by atoms with Gasteiger partial charge in [-0.05, 0) is 50.7 Å². The van der Waals surface area contributed by atoms with Crippen molar-refractivity contribution in [2.24, 2.45) is 0 Å². The van der Waals surface area contributed by atoms with E-state index in [0.29, 0.717) is 17.5 Å². The minimum absolute atomic E-state index is 0.641. The third-order valence-electron chi connectivity index (χ3n) is 9.99. The van der Waals surface area contributed by atoms with E-state index >= 15 is 0 Å². The molecule has 51 heavy (non-hydrogen) atoms. The number of hydrogen-bond acceptors (Lipinski definition) is 4. The predicted molar refractivity (Wildman–Crippen MR) is 208 cm³/mol. The van der Waals surface area contributed by atoms with Gasteiger partial charge in [-0.3, -0.25) is 0 Å². The van der Waals surface area contributed by atoms with Crippen molar-refractivity contribution in [3.05, 3.63) is 181 Å². The Hall–Kier alpha value is -6.65. The molecule has 0 radical (unpaired) electrons. The summed E-state index contributed by atoms with van der Waals surface area (Å²) in [5.41, 5.74) is 9.41. The van der Waals surface area contributed by atoms with Crippen LogP contribution in [0.25, 0.3) is 83.1 Å². The lowest BCUT2D eigenvalue weighted by molar-refractivity contribution is 0.546. The number of aryl methyl sites for hydroxylation is 1. The molecule has 0 fully saturated rings. The summed E-state index contributed by atoms with van der Waals surface area (Å²) in [4.78, 5) is 15.3. The van der Waals surface area contributed by atoms with Crippen LogP contribution in [-0.2, 0) is 6.42 Å². The Labute approximate surface area is 295 Å². The van der Waals surface area contributed by atoms with E-state index in [0.717, 1.165) is 63.0 Å². The van der Waals surface area contributed by atoms with Crippen molar-refractivity contribution in [2.45, 2.75) is 12.8 Å². The molecule has 0 N–H and O–H groups in total. The largest absolute Gasteiger partial charge is 0.460 e. The number of hydrogen-bond donors (Lipinski definition) is 0. The van der Waals surface area contributed by atoms with E-state index in [4.69, 9.17) is 19.4 Å². The summed E-state index contributed by atoms with van der Waals surface area (Å²) < 4.78 is 6.86. The lowest BCUT2D eigenvalue weighted by atomic mass is 9.90. The molecule has 0 aliphatic heterocycles. The fourth-order valence-corrected chi connectivity index (χ4v) is 7.57. The number of allylic oxidation sites excluding steroid dienone is 1. The lowest BCUT2D eigenvalue weighted by Crippen LogP contribution is -2.06. The highest BCUT2D eigenvalue weighted by Gasteiger charge is 2.27. The van der Waals surface area contributed by atoms with Gasteiger partial charge >= 0.3 is 0 Å². The van der Waals surface area contributed by atoms with E-state index in [1.54, 1.807) is 0 Å². The zero-order valence-corrected chi connectivity index (χ0v) is 27.8. The monoisotopic (exact) mass is 653 g/mol. The summed E-state index contributed by atoms with van der Waals surface area (Å²) in [6.07, 6.45) is 3.92. The molecule has 0 unspecified atom stereocenters. The molecule has 4 nitrogen and oxygen atoms in total. The zero-order valence-electron chi connectivity index (χ0n) is 27.8. The van der Waals surface area contributed by atoms with E-state index in [1.165, 1.54) is 32.7 Å². The molecule has 4 heteroatoms. The Morgan fingerprint density at radius 2 is 1.00 bits per heavy atom. The molecule has 0 saturated carbocycles. The number of rotatable bonds is 5. The minimum Gasteiger partial charge on any atom is -0.460 e. The van der Waals surface area contributed by atoms with Gasteiger partial charge in [-0.25, -0.2) is 15.0 Å². The molecular weight excluding hydrogens is 623 g/mol. The highest BCUT2D eigenvalue weighted by molar-refractivity contribution is 6.16. The fraction of sp³-hybridized carbons (Fsp3) is 0.0426. The summed E-state index contributed by atoms with van der Waals surface area (Å²) in [7, 11) is 0. The molecule has 0 spiro atoms. The molecule has 2 heterocycles. The molecule has 0 bridgehead atoms. The number of benzene rings is 7. The third kappa shape index (κ3) is 5.03. The second-order valence-corrected chi connectivity index (χ2v) is 13.0. The summed E-state index contributed by atoms with van der Waals surface area (Å²) in [5, 5.41) is 5.98.